The average molecular weight is 359 g/mol. The van der Waals surface area contributed by atoms with E-state index in [-0.39, 0.29) is 16.7 Å². The highest BCUT2D eigenvalue weighted by Gasteiger charge is 2.20. The first-order valence-electron chi connectivity index (χ1n) is 7.70. The summed E-state index contributed by atoms with van der Waals surface area (Å²) >= 11 is 1.22. The lowest BCUT2D eigenvalue weighted by Crippen LogP contribution is -2.35. The lowest BCUT2D eigenvalue weighted by Gasteiger charge is -2.20. The first-order valence-corrected chi connectivity index (χ1v) is 8.58. The van der Waals surface area contributed by atoms with E-state index < -0.39 is 0 Å². The van der Waals surface area contributed by atoms with Crippen LogP contribution < -0.4 is 5.56 Å². The topological polar surface area (TPSA) is 105 Å². The minimum Gasteiger partial charge on any atom is -0.344 e. The molecule has 1 unspecified atom stereocenters. The van der Waals surface area contributed by atoms with E-state index in [9.17, 15) is 9.59 Å². The van der Waals surface area contributed by atoms with Gasteiger partial charge in [0.05, 0.1) is 16.2 Å². The van der Waals surface area contributed by atoms with Crippen molar-refractivity contribution in [1.29, 1.82) is 0 Å². The van der Waals surface area contributed by atoms with Gasteiger partial charge in [-0.3, -0.25) is 9.59 Å². The van der Waals surface area contributed by atoms with Gasteiger partial charge in [-0.05, 0) is 19.1 Å². The van der Waals surface area contributed by atoms with Gasteiger partial charge in [-0.15, -0.1) is 0 Å². The number of hydrogen-bond acceptors (Lipinski definition) is 7. The number of fused-ring (bicyclic) bond motifs is 1. The second-order valence-electron chi connectivity index (χ2n) is 5.51. The number of para-hydroxylation sites is 1. The first-order chi connectivity index (χ1) is 12.0. The largest absolute Gasteiger partial charge is 0.344 e. The Morgan fingerprint density at radius 1 is 1.40 bits per heavy atom. The normalized spacial score (nSPS) is 12.2. The summed E-state index contributed by atoms with van der Waals surface area (Å²) < 4.78 is 4.67. The Bertz CT molecular complexity index is 925. The van der Waals surface area contributed by atoms with E-state index in [2.05, 4.69) is 24.6 Å². The van der Waals surface area contributed by atoms with E-state index in [0.29, 0.717) is 34.8 Å². The predicted octanol–water partition coefficient (Wildman–Crippen LogP) is 1.49. The number of amides is 1. The molecule has 3 rings (SSSR count). The van der Waals surface area contributed by atoms with Gasteiger partial charge in [0.15, 0.2) is 11.0 Å². The van der Waals surface area contributed by atoms with Gasteiger partial charge in [-0.1, -0.05) is 29.1 Å². The number of benzene rings is 1. The smallest absolute Gasteiger partial charge is 0.259 e. The van der Waals surface area contributed by atoms with Crippen LogP contribution >= 0.6 is 11.8 Å². The van der Waals surface area contributed by atoms with E-state index in [1.54, 1.807) is 37.1 Å². The summed E-state index contributed by atoms with van der Waals surface area (Å²) in [6.07, 6.45) is 1.78. The quantitative estimate of drug-likeness (QED) is 0.525. The number of likely N-dealkylation sites (N-methyl/N-ethyl adjacent to an activating group) is 1. The summed E-state index contributed by atoms with van der Waals surface area (Å²) in [6.45, 7) is 2.26. The van der Waals surface area contributed by atoms with Crippen LogP contribution in [0.4, 0.5) is 0 Å². The van der Waals surface area contributed by atoms with Gasteiger partial charge in [0.2, 0.25) is 12.3 Å². The van der Waals surface area contributed by atoms with Crippen LogP contribution in [0.2, 0.25) is 0 Å². The SMILES string of the molecule is CC(Sc1nc2ccccc2c(=O)[nH]1)C(=O)N(C)CCc1ncon1. The molecule has 0 fully saturated rings. The number of rotatable bonds is 6. The molecule has 1 amide bonds. The molecule has 8 nitrogen and oxygen atoms in total. The molecule has 2 aromatic heterocycles. The van der Waals surface area contributed by atoms with Crippen LogP contribution in [-0.2, 0) is 11.2 Å². The molecular formula is C16H17N5O3S. The molecule has 0 aliphatic heterocycles. The third kappa shape index (κ3) is 4.05. The molecule has 0 saturated carbocycles. The molecule has 0 radical (unpaired) electrons. The number of hydrogen-bond donors (Lipinski definition) is 1. The van der Waals surface area contributed by atoms with Gasteiger partial charge in [-0.2, -0.15) is 4.98 Å². The van der Waals surface area contributed by atoms with Crippen molar-refractivity contribution in [3.8, 4) is 0 Å². The molecule has 25 heavy (non-hydrogen) atoms. The zero-order chi connectivity index (χ0) is 17.8. The molecule has 0 bridgehead atoms. The highest BCUT2D eigenvalue weighted by atomic mass is 32.2. The zero-order valence-electron chi connectivity index (χ0n) is 13.8. The summed E-state index contributed by atoms with van der Waals surface area (Å²) in [7, 11) is 1.72. The molecule has 1 aromatic carbocycles. The van der Waals surface area contributed by atoms with Crippen molar-refractivity contribution in [2.75, 3.05) is 13.6 Å². The molecule has 0 saturated heterocycles. The Labute approximate surface area is 147 Å². The molecule has 9 heteroatoms. The maximum absolute atomic E-state index is 12.5. The number of H-pyrrole nitrogens is 1. The second-order valence-corrected chi connectivity index (χ2v) is 6.84. The van der Waals surface area contributed by atoms with Crippen molar-refractivity contribution in [3.05, 3.63) is 46.8 Å². The molecule has 3 aromatic rings. The Balaban J connectivity index is 1.65. The molecule has 1 atom stereocenters. The van der Waals surface area contributed by atoms with Gasteiger partial charge in [0.1, 0.15) is 0 Å². The number of carbonyl (C=O) groups excluding carboxylic acids is 1. The number of thioether (sulfide) groups is 1. The number of carbonyl (C=O) groups is 1. The average Bonchev–Trinajstić information content (AvgIpc) is 3.12. The molecule has 0 spiro atoms. The summed E-state index contributed by atoms with van der Waals surface area (Å²) in [4.78, 5) is 37.2. The number of nitrogens with zero attached hydrogens (tertiary/aromatic N) is 4. The molecule has 2 heterocycles. The maximum Gasteiger partial charge on any atom is 0.259 e. The Kier molecular flexibility index (Phi) is 5.13. The van der Waals surface area contributed by atoms with E-state index >= 15 is 0 Å². The second kappa shape index (κ2) is 7.47. The van der Waals surface area contributed by atoms with Gasteiger partial charge in [-0.25, -0.2) is 4.98 Å². The van der Waals surface area contributed by atoms with Crippen molar-refractivity contribution < 1.29 is 9.32 Å². The Hall–Kier alpha value is -2.68. The van der Waals surface area contributed by atoms with E-state index in [1.807, 2.05) is 6.07 Å². The maximum atomic E-state index is 12.5. The predicted molar refractivity (Wildman–Crippen MR) is 93.3 cm³/mol. The molecular weight excluding hydrogens is 342 g/mol. The van der Waals surface area contributed by atoms with Crippen LogP contribution in [0.3, 0.4) is 0 Å². The van der Waals surface area contributed by atoms with Crippen molar-refractivity contribution in [2.24, 2.45) is 0 Å². The monoisotopic (exact) mass is 359 g/mol. The number of aromatic nitrogens is 4. The Morgan fingerprint density at radius 3 is 2.96 bits per heavy atom. The van der Waals surface area contributed by atoms with Gasteiger partial charge in [0, 0.05) is 20.0 Å². The summed E-state index contributed by atoms with van der Waals surface area (Å²) in [5, 5.41) is 4.29. The standard InChI is InChI=1S/C16H17N5O3S/c1-10(15(23)21(2)8-7-13-17-9-24-20-13)25-16-18-12-6-4-3-5-11(12)14(22)19-16/h3-6,9-10H,7-8H2,1-2H3,(H,18,19,22). The summed E-state index contributed by atoms with van der Waals surface area (Å²) in [5.41, 5.74) is 0.400. The third-order valence-electron chi connectivity index (χ3n) is 3.68. The van der Waals surface area contributed by atoms with Crippen LogP contribution in [0, 0.1) is 0 Å². The zero-order valence-corrected chi connectivity index (χ0v) is 14.6. The lowest BCUT2D eigenvalue weighted by molar-refractivity contribution is -0.129. The van der Waals surface area contributed by atoms with Crippen LogP contribution in [0.1, 0.15) is 12.7 Å². The third-order valence-corrected chi connectivity index (χ3v) is 4.65. The number of aromatic amines is 1. The Morgan fingerprint density at radius 2 is 2.20 bits per heavy atom. The fourth-order valence-electron chi connectivity index (χ4n) is 2.33. The summed E-state index contributed by atoms with van der Waals surface area (Å²) in [5.74, 6) is 0.491. The van der Waals surface area contributed by atoms with Crippen molar-refractivity contribution >= 4 is 28.6 Å². The fourth-order valence-corrected chi connectivity index (χ4v) is 3.25. The minimum atomic E-state index is -0.389. The van der Waals surface area contributed by atoms with Gasteiger partial charge >= 0.3 is 0 Å². The first kappa shape index (κ1) is 17.2. The van der Waals surface area contributed by atoms with Gasteiger partial charge in [0.25, 0.3) is 5.56 Å². The minimum absolute atomic E-state index is 0.0655. The van der Waals surface area contributed by atoms with Crippen LogP contribution in [0.15, 0.2) is 45.1 Å². The van der Waals surface area contributed by atoms with Crippen LogP contribution in [0.25, 0.3) is 10.9 Å². The van der Waals surface area contributed by atoms with Gasteiger partial charge < -0.3 is 14.4 Å². The van der Waals surface area contributed by atoms with Crippen molar-refractivity contribution in [2.45, 2.75) is 23.8 Å². The van der Waals surface area contributed by atoms with E-state index in [0.717, 1.165) is 0 Å². The van der Waals surface area contributed by atoms with E-state index in [4.69, 9.17) is 0 Å². The van der Waals surface area contributed by atoms with E-state index in [1.165, 1.54) is 18.2 Å². The fraction of sp³-hybridized carbons (Fsp3) is 0.312. The molecule has 1 N–H and O–H groups in total. The lowest BCUT2D eigenvalue weighted by atomic mass is 10.2. The molecule has 0 aliphatic rings. The van der Waals surface area contributed by atoms with Crippen molar-refractivity contribution in [1.82, 2.24) is 25.0 Å². The summed E-state index contributed by atoms with van der Waals surface area (Å²) in [6, 6.07) is 7.11. The highest BCUT2D eigenvalue weighted by Crippen LogP contribution is 2.21. The highest BCUT2D eigenvalue weighted by molar-refractivity contribution is 8.00. The number of nitrogens with one attached hydrogen (secondary N) is 1. The molecule has 130 valence electrons. The van der Waals surface area contributed by atoms with Crippen LogP contribution in [-0.4, -0.2) is 49.8 Å². The van der Waals surface area contributed by atoms with Crippen LogP contribution in [0.5, 0.6) is 0 Å². The van der Waals surface area contributed by atoms with Crippen molar-refractivity contribution in [3.63, 3.8) is 0 Å². The molecule has 0 aliphatic carbocycles.